The number of ether oxygens (including phenoxy) is 1. The average molecular weight is 288 g/mol. The molecular formula is C16H20N2O3. The number of carbonyl (C=O) groups is 1. The fourth-order valence-electron chi connectivity index (χ4n) is 1.91. The number of nitrogens with one attached hydrogen (secondary N) is 1. The maximum absolute atomic E-state index is 12.0. The van der Waals surface area contributed by atoms with Crippen LogP contribution in [0, 0.1) is 6.92 Å². The van der Waals surface area contributed by atoms with Crippen LogP contribution in [-0.4, -0.2) is 17.0 Å². The fraction of sp³-hybridized carbons (Fsp3) is 0.375. The van der Waals surface area contributed by atoms with Gasteiger partial charge in [-0.15, -0.1) is 0 Å². The Morgan fingerprint density at radius 2 is 1.90 bits per heavy atom. The van der Waals surface area contributed by atoms with E-state index in [1.807, 2.05) is 45.0 Å². The minimum Gasteiger partial charge on any atom is -0.491 e. The van der Waals surface area contributed by atoms with Crippen LogP contribution in [0.5, 0.6) is 5.75 Å². The molecule has 21 heavy (non-hydrogen) atoms. The molecule has 0 aliphatic rings. The first-order valence-electron chi connectivity index (χ1n) is 6.95. The van der Waals surface area contributed by atoms with Crippen molar-refractivity contribution in [3.8, 4) is 5.75 Å². The van der Waals surface area contributed by atoms with Crippen LogP contribution in [0.1, 0.15) is 48.8 Å². The summed E-state index contributed by atoms with van der Waals surface area (Å²) in [5, 5.41) is 2.85. The van der Waals surface area contributed by atoms with E-state index in [1.54, 1.807) is 6.92 Å². The Morgan fingerprint density at radius 1 is 1.24 bits per heavy atom. The zero-order chi connectivity index (χ0) is 15.4. The van der Waals surface area contributed by atoms with Gasteiger partial charge in [-0.1, -0.05) is 12.1 Å². The Labute approximate surface area is 124 Å². The van der Waals surface area contributed by atoms with Crippen molar-refractivity contribution in [2.45, 2.75) is 39.8 Å². The average Bonchev–Trinajstić information content (AvgIpc) is 2.85. The summed E-state index contributed by atoms with van der Waals surface area (Å²) in [6, 6.07) is 7.52. The van der Waals surface area contributed by atoms with E-state index in [-0.39, 0.29) is 23.9 Å². The monoisotopic (exact) mass is 288 g/mol. The number of oxazole rings is 1. The van der Waals surface area contributed by atoms with Crippen molar-refractivity contribution in [3.63, 3.8) is 0 Å². The third-order valence-corrected chi connectivity index (χ3v) is 2.91. The molecule has 1 amide bonds. The maximum atomic E-state index is 12.0. The van der Waals surface area contributed by atoms with Crippen LogP contribution in [0.15, 0.2) is 34.9 Å². The number of rotatable bonds is 5. The van der Waals surface area contributed by atoms with Gasteiger partial charge in [0.15, 0.2) is 0 Å². The molecule has 1 unspecified atom stereocenters. The molecular weight excluding hydrogens is 268 g/mol. The lowest BCUT2D eigenvalue weighted by atomic mass is 10.1. The van der Waals surface area contributed by atoms with E-state index >= 15 is 0 Å². The van der Waals surface area contributed by atoms with E-state index < -0.39 is 0 Å². The first-order chi connectivity index (χ1) is 9.95. The molecule has 112 valence electrons. The number of carbonyl (C=O) groups excluding carboxylic acids is 1. The van der Waals surface area contributed by atoms with Crippen molar-refractivity contribution >= 4 is 5.91 Å². The summed E-state index contributed by atoms with van der Waals surface area (Å²) < 4.78 is 10.8. The highest BCUT2D eigenvalue weighted by molar-refractivity contribution is 5.89. The topological polar surface area (TPSA) is 64.4 Å². The van der Waals surface area contributed by atoms with Gasteiger partial charge in [0.05, 0.1) is 18.3 Å². The predicted octanol–water partition coefficient (Wildman–Crippen LogP) is 3.26. The Balaban J connectivity index is 1.99. The van der Waals surface area contributed by atoms with E-state index in [0.29, 0.717) is 5.76 Å². The lowest BCUT2D eigenvalue weighted by molar-refractivity contribution is 0.0903. The molecule has 5 nitrogen and oxygen atoms in total. The Kier molecular flexibility index (Phi) is 4.62. The number of aryl methyl sites for hydroxylation is 1. The smallest absolute Gasteiger partial charge is 0.307 e. The van der Waals surface area contributed by atoms with Crippen molar-refractivity contribution in [3.05, 3.63) is 47.7 Å². The third kappa shape index (κ3) is 4.08. The first kappa shape index (κ1) is 15.1. The van der Waals surface area contributed by atoms with Crippen LogP contribution in [-0.2, 0) is 0 Å². The second-order valence-corrected chi connectivity index (χ2v) is 5.21. The highest BCUT2D eigenvalue weighted by atomic mass is 16.5. The molecule has 0 aliphatic heterocycles. The van der Waals surface area contributed by atoms with E-state index in [0.717, 1.165) is 11.3 Å². The Hall–Kier alpha value is -2.30. The zero-order valence-corrected chi connectivity index (χ0v) is 12.7. The highest BCUT2D eigenvalue weighted by Crippen LogP contribution is 2.19. The van der Waals surface area contributed by atoms with Crippen LogP contribution in [0.2, 0.25) is 0 Å². The number of hydrogen-bond donors (Lipinski definition) is 1. The first-order valence-corrected chi connectivity index (χ1v) is 6.95. The molecule has 2 aromatic rings. The Morgan fingerprint density at radius 3 is 2.43 bits per heavy atom. The maximum Gasteiger partial charge on any atom is 0.307 e. The molecule has 0 bridgehead atoms. The van der Waals surface area contributed by atoms with Crippen LogP contribution < -0.4 is 10.1 Å². The summed E-state index contributed by atoms with van der Waals surface area (Å²) in [5.74, 6) is 1.19. The number of amides is 1. The fourth-order valence-corrected chi connectivity index (χ4v) is 1.91. The number of nitrogens with zero attached hydrogens (tertiary/aromatic N) is 1. The molecule has 5 heteroatoms. The molecule has 1 aromatic heterocycles. The van der Waals surface area contributed by atoms with Gasteiger partial charge in [-0.2, -0.15) is 0 Å². The van der Waals surface area contributed by atoms with Gasteiger partial charge < -0.3 is 14.5 Å². The number of hydrogen-bond acceptors (Lipinski definition) is 4. The van der Waals surface area contributed by atoms with E-state index in [2.05, 4.69) is 10.3 Å². The van der Waals surface area contributed by atoms with Crippen molar-refractivity contribution in [2.24, 2.45) is 0 Å². The minimum atomic E-state index is -0.321. The number of aromatic nitrogens is 1. The van der Waals surface area contributed by atoms with Crippen LogP contribution in [0.3, 0.4) is 0 Å². The molecule has 0 radical (unpaired) electrons. The van der Waals surface area contributed by atoms with E-state index in [4.69, 9.17) is 9.15 Å². The second-order valence-electron chi connectivity index (χ2n) is 5.21. The zero-order valence-electron chi connectivity index (χ0n) is 12.7. The van der Waals surface area contributed by atoms with Gasteiger partial charge in [0.1, 0.15) is 11.5 Å². The van der Waals surface area contributed by atoms with Crippen molar-refractivity contribution in [1.29, 1.82) is 0 Å². The van der Waals surface area contributed by atoms with Gasteiger partial charge in [-0.3, -0.25) is 4.79 Å². The Bertz CT molecular complexity index is 602. The molecule has 0 fully saturated rings. The summed E-state index contributed by atoms with van der Waals surface area (Å²) in [7, 11) is 0. The summed E-state index contributed by atoms with van der Waals surface area (Å²) in [6.45, 7) is 7.62. The van der Waals surface area contributed by atoms with Gasteiger partial charge >= 0.3 is 5.91 Å². The standard InChI is InChI=1S/C16H20N2O3/c1-10(2)20-14-7-5-13(6-8-14)12(4)18-15(19)16-17-9-11(3)21-16/h5-10,12H,1-4H3,(H,18,19). The summed E-state index contributed by atoms with van der Waals surface area (Å²) in [6.07, 6.45) is 1.67. The van der Waals surface area contributed by atoms with Crippen LogP contribution >= 0.6 is 0 Å². The van der Waals surface area contributed by atoms with Crippen molar-refractivity contribution < 1.29 is 13.9 Å². The van der Waals surface area contributed by atoms with Gasteiger partial charge in [0.25, 0.3) is 5.89 Å². The SMILES string of the molecule is Cc1cnc(C(=O)NC(C)c2ccc(OC(C)C)cc2)o1. The van der Waals surface area contributed by atoms with Crippen LogP contribution in [0.4, 0.5) is 0 Å². The predicted molar refractivity (Wildman–Crippen MR) is 79.3 cm³/mol. The van der Waals surface area contributed by atoms with Gasteiger partial charge in [0.2, 0.25) is 0 Å². The van der Waals surface area contributed by atoms with E-state index in [9.17, 15) is 4.79 Å². The van der Waals surface area contributed by atoms with Crippen molar-refractivity contribution in [2.75, 3.05) is 0 Å². The van der Waals surface area contributed by atoms with Gasteiger partial charge in [-0.25, -0.2) is 4.98 Å². The molecule has 1 heterocycles. The molecule has 1 aromatic carbocycles. The summed E-state index contributed by atoms with van der Waals surface area (Å²) in [4.78, 5) is 15.9. The lowest BCUT2D eigenvalue weighted by Gasteiger charge is -2.14. The molecule has 0 spiro atoms. The molecule has 2 rings (SSSR count). The molecule has 1 N–H and O–H groups in total. The summed E-state index contributed by atoms with van der Waals surface area (Å²) >= 11 is 0. The van der Waals surface area contributed by atoms with E-state index in [1.165, 1.54) is 6.20 Å². The van der Waals surface area contributed by atoms with Gasteiger partial charge in [-0.05, 0) is 45.4 Å². The molecule has 0 saturated carbocycles. The number of benzene rings is 1. The summed E-state index contributed by atoms with van der Waals surface area (Å²) in [5.41, 5.74) is 0.989. The van der Waals surface area contributed by atoms with Crippen molar-refractivity contribution in [1.82, 2.24) is 10.3 Å². The lowest BCUT2D eigenvalue weighted by Crippen LogP contribution is -2.26. The third-order valence-electron chi connectivity index (χ3n) is 2.91. The highest BCUT2D eigenvalue weighted by Gasteiger charge is 2.15. The largest absolute Gasteiger partial charge is 0.491 e. The molecule has 0 aliphatic carbocycles. The minimum absolute atomic E-state index is 0.0825. The van der Waals surface area contributed by atoms with Crippen LogP contribution in [0.25, 0.3) is 0 Å². The normalized spacial score (nSPS) is 12.2. The second kappa shape index (κ2) is 6.43. The molecule has 1 atom stereocenters. The van der Waals surface area contributed by atoms with Gasteiger partial charge in [0, 0.05) is 0 Å². The molecule has 0 saturated heterocycles. The quantitative estimate of drug-likeness (QED) is 0.917.